The molecule has 0 saturated carbocycles. The van der Waals surface area contributed by atoms with Gasteiger partial charge in [0.2, 0.25) is 11.8 Å². The highest BCUT2D eigenvalue weighted by Crippen LogP contribution is 2.19. The van der Waals surface area contributed by atoms with E-state index in [1.165, 1.54) is 17.4 Å². The number of amides is 2. The first-order valence-corrected chi connectivity index (χ1v) is 9.85. The maximum atomic E-state index is 13.0. The van der Waals surface area contributed by atoms with Gasteiger partial charge in [-0.3, -0.25) is 9.59 Å². The summed E-state index contributed by atoms with van der Waals surface area (Å²) in [5.74, 6) is 0.255. The quantitative estimate of drug-likeness (QED) is 0.700. The number of aryl methyl sites for hydroxylation is 1. The standard InChI is InChI=1S/C21H28N2O2S/c1-16(2)12-22(18(4)24)15-21(25)23(13-19-8-6-5-7-9-19)14-20-17(3)10-11-26-20/h5-11,16H,12-15H2,1-4H3. The molecule has 0 saturated heterocycles. The fourth-order valence-corrected chi connectivity index (χ4v) is 3.70. The number of carbonyl (C=O) groups is 2. The third kappa shape index (κ3) is 5.99. The van der Waals surface area contributed by atoms with Crippen LogP contribution in [0.3, 0.4) is 0 Å². The highest BCUT2D eigenvalue weighted by atomic mass is 32.1. The minimum atomic E-state index is -0.0565. The van der Waals surface area contributed by atoms with Crippen LogP contribution < -0.4 is 0 Å². The molecule has 2 amide bonds. The zero-order chi connectivity index (χ0) is 19.1. The Morgan fingerprint density at radius 3 is 2.27 bits per heavy atom. The molecule has 5 heteroatoms. The molecule has 1 aromatic heterocycles. The van der Waals surface area contributed by atoms with Crippen LogP contribution in [0.5, 0.6) is 0 Å². The third-order valence-corrected chi connectivity index (χ3v) is 5.24. The highest BCUT2D eigenvalue weighted by molar-refractivity contribution is 7.10. The number of rotatable bonds is 8. The van der Waals surface area contributed by atoms with Gasteiger partial charge >= 0.3 is 0 Å². The maximum absolute atomic E-state index is 13.0. The van der Waals surface area contributed by atoms with E-state index in [0.717, 1.165) is 5.56 Å². The summed E-state index contributed by atoms with van der Waals surface area (Å²) < 4.78 is 0. The van der Waals surface area contributed by atoms with Gasteiger partial charge in [-0.05, 0) is 35.4 Å². The van der Waals surface area contributed by atoms with Crippen LogP contribution in [0, 0.1) is 12.8 Å². The lowest BCUT2D eigenvalue weighted by atomic mass is 10.2. The second kappa shape index (κ2) is 9.53. The average molecular weight is 373 g/mol. The van der Waals surface area contributed by atoms with Crippen LogP contribution in [-0.2, 0) is 22.7 Å². The van der Waals surface area contributed by atoms with Gasteiger partial charge < -0.3 is 9.80 Å². The van der Waals surface area contributed by atoms with Crippen LogP contribution in [0.4, 0.5) is 0 Å². The zero-order valence-electron chi connectivity index (χ0n) is 16.1. The van der Waals surface area contributed by atoms with Crippen molar-refractivity contribution in [1.82, 2.24) is 9.80 Å². The molecule has 0 aliphatic rings. The van der Waals surface area contributed by atoms with Crippen molar-refractivity contribution < 1.29 is 9.59 Å². The van der Waals surface area contributed by atoms with E-state index in [-0.39, 0.29) is 18.4 Å². The number of hydrogen-bond donors (Lipinski definition) is 0. The van der Waals surface area contributed by atoms with Crippen LogP contribution in [0.2, 0.25) is 0 Å². The first kappa shape index (κ1) is 20.2. The summed E-state index contributed by atoms with van der Waals surface area (Å²) in [6, 6.07) is 12.1. The van der Waals surface area contributed by atoms with Crippen molar-refractivity contribution in [1.29, 1.82) is 0 Å². The summed E-state index contributed by atoms with van der Waals surface area (Å²) in [5.41, 5.74) is 2.29. The Labute approximate surface area is 160 Å². The molecular weight excluding hydrogens is 344 g/mol. The lowest BCUT2D eigenvalue weighted by Gasteiger charge is -2.28. The molecule has 0 fully saturated rings. The molecule has 0 N–H and O–H groups in total. The molecule has 26 heavy (non-hydrogen) atoms. The Kier molecular flexibility index (Phi) is 7.39. The van der Waals surface area contributed by atoms with Crippen LogP contribution in [0.1, 0.15) is 36.8 Å². The molecule has 140 valence electrons. The Hall–Kier alpha value is -2.14. The Morgan fingerprint density at radius 1 is 1.04 bits per heavy atom. The lowest BCUT2D eigenvalue weighted by Crippen LogP contribution is -2.43. The van der Waals surface area contributed by atoms with Gasteiger partial charge in [-0.1, -0.05) is 44.2 Å². The van der Waals surface area contributed by atoms with Crippen LogP contribution in [-0.4, -0.2) is 34.7 Å². The molecule has 0 bridgehead atoms. The lowest BCUT2D eigenvalue weighted by molar-refractivity contribution is -0.140. The summed E-state index contributed by atoms with van der Waals surface area (Å²) in [7, 11) is 0. The predicted octanol–water partition coefficient (Wildman–Crippen LogP) is 4.09. The van der Waals surface area contributed by atoms with Crippen LogP contribution in [0.25, 0.3) is 0 Å². The van der Waals surface area contributed by atoms with Gasteiger partial charge in [-0.15, -0.1) is 11.3 Å². The van der Waals surface area contributed by atoms with E-state index >= 15 is 0 Å². The van der Waals surface area contributed by atoms with E-state index in [9.17, 15) is 9.59 Å². The fourth-order valence-electron chi connectivity index (χ4n) is 2.78. The van der Waals surface area contributed by atoms with Gasteiger partial charge in [0.15, 0.2) is 0 Å². The minimum absolute atomic E-state index is 0.0162. The number of carbonyl (C=O) groups excluding carboxylic acids is 2. The molecule has 2 aromatic rings. The van der Waals surface area contributed by atoms with Gasteiger partial charge in [0, 0.05) is 24.9 Å². The Bertz CT molecular complexity index is 725. The average Bonchev–Trinajstić information content (AvgIpc) is 2.99. The topological polar surface area (TPSA) is 40.6 Å². The summed E-state index contributed by atoms with van der Waals surface area (Å²) in [6.45, 7) is 9.55. The normalized spacial score (nSPS) is 10.8. The molecule has 0 unspecified atom stereocenters. The van der Waals surface area contributed by atoms with Gasteiger partial charge in [-0.25, -0.2) is 0 Å². The van der Waals surface area contributed by atoms with E-state index in [0.29, 0.717) is 25.6 Å². The summed E-state index contributed by atoms with van der Waals surface area (Å²) in [6.07, 6.45) is 0. The molecule has 1 aromatic carbocycles. The molecule has 0 aliphatic carbocycles. The molecule has 0 radical (unpaired) electrons. The van der Waals surface area contributed by atoms with Gasteiger partial charge in [0.05, 0.1) is 13.1 Å². The molecular formula is C21H28N2O2S. The van der Waals surface area contributed by atoms with Crippen molar-refractivity contribution in [3.8, 4) is 0 Å². The van der Waals surface area contributed by atoms with Crippen molar-refractivity contribution in [3.05, 3.63) is 57.8 Å². The first-order valence-electron chi connectivity index (χ1n) is 8.97. The SMILES string of the molecule is CC(=O)N(CC(=O)N(Cc1ccccc1)Cc1sccc1C)CC(C)C. The minimum Gasteiger partial charge on any atom is -0.333 e. The van der Waals surface area contributed by atoms with Crippen molar-refractivity contribution in [2.24, 2.45) is 5.92 Å². The van der Waals surface area contributed by atoms with E-state index in [1.807, 2.05) is 35.2 Å². The molecule has 4 nitrogen and oxygen atoms in total. The molecule has 0 aliphatic heterocycles. The molecule has 0 spiro atoms. The first-order chi connectivity index (χ1) is 12.4. The second-order valence-electron chi connectivity index (χ2n) is 7.06. The predicted molar refractivity (Wildman–Crippen MR) is 107 cm³/mol. The smallest absolute Gasteiger partial charge is 0.242 e. The number of thiophene rings is 1. The molecule has 2 rings (SSSR count). The van der Waals surface area contributed by atoms with Gasteiger partial charge in [-0.2, -0.15) is 0 Å². The maximum Gasteiger partial charge on any atom is 0.242 e. The number of nitrogens with zero attached hydrogens (tertiary/aromatic N) is 2. The Balaban J connectivity index is 2.16. The second-order valence-corrected chi connectivity index (χ2v) is 8.06. The molecule has 1 heterocycles. The molecule has 0 atom stereocenters. The van der Waals surface area contributed by atoms with E-state index in [2.05, 4.69) is 32.2 Å². The third-order valence-electron chi connectivity index (χ3n) is 4.23. The fraction of sp³-hybridized carbons (Fsp3) is 0.429. The largest absolute Gasteiger partial charge is 0.333 e. The van der Waals surface area contributed by atoms with E-state index in [4.69, 9.17) is 0 Å². The summed E-state index contributed by atoms with van der Waals surface area (Å²) in [4.78, 5) is 29.6. The van der Waals surface area contributed by atoms with Gasteiger partial charge in [0.25, 0.3) is 0 Å². The highest BCUT2D eigenvalue weighted by Gasteiger charge is 2.21. The zero-order valence-corrected chi connectivity index (χ0v) is 16.9. The van der Waals surface area contributed by atoms with Crippen molar-refractivity contribution in [2.45, 2.75) is 40.8 Å². The van der Waals surface area contributed by atoms with Gasteiger partial charge in [0.1, 0.15) is 0 Å². The number of hydrogen-bond acceptors (Lipinski definition) is 3. The number of benzene rings is 1. The van der Waals surface area contributed by atoms with Crippen molar-refractivity contribution in [2.75, 3.05) is 13.1 Å². The van der Waals surface area contributed by atoms with Crippen molar-refractivity contribution in [3.63, 3.8) is 0 Å². The van der Waals surface area contributed by atoms with Crippen molar-refractivity contribution >= 4 is 23.2 Å². The van der Waals surface area contributed by atoms with E-state index in [1.54, 1.807) is 16.2 Å². The van der Waals surface area contributed by atoms with E-state index < -0.39 is 0 Å². The van der Waals surface area contributed by atoms with Crippen LogP contribution >= 0.6 is 11.3 Å². The monoisotopic (exact) mass is 372 g/mol. The Morgan fingerprint density at radius 2 is 1.73 bits per heavy atom. The van der Waals surface area contributed by atoms with Crippen LogP contribution in [0.15, 0.2) is 41.8 Å². The summed E-state index contributed by atoms with van der Waals surface area (Å²) >= 11 is 1.67. The summed E-state index contributed by atoms with van der Waals surface area (Å²) in [5, 5.41) is 2.05.